The van der Waals surface area contributed by atoms with Gasteiger partial charge in [-0.3, -0.25) is 0 Å². The van der Waals surface area contributed by atoms with E-state index in [0.717, 1.165) is 36.5 Å². The van der Waals surface area contributed by atoms with E-state index in [0.29, 0.717) is 12.5 Å². The van der Waals surface area contributed by atoms with E-state index in [1.807, 2.05) is 24.3 Å². The number of nitrogens with zero attached hydrogens (tertiary/aromatic N) is 2. The van der Waals surface area contributed by atoms with Crippen LogP contribution < -0.4 is 15.4 Å². The summed E-state index contributed by atoms with van der Waals surface area (Å²) in [4.78, 5) is 8.70. The molecule has 3 aromatic rings. The molecule has 0 radical (unpaired) electrons. The van der Waals surface area contributed by atoms with Crippen LogP contribution in [-0.2, 0) is 12.8 Å². The number of methoxy groups -OCH3 is 1. The van der Waals surface area contributed by atoms with Crippen molar-refractivity contribution < 1.29 is 9.13 Å². The molecule has 0 aliphatic heterocycles. The maximum Gasteiger partial charge on any atom is 0.224 e. The summed E-state index contributed by atoms with van der Waals surface area (Å²) in [6.07, 6.45) is 3.37. The molecule has 140 valence electrons. The van der Waals surface area contributed by atoms with Gasteiger partial charge in [-0.1, -0.05) is 24.3 Å². The highest BCUT2D eigenvalue weighted by Gasteiger charge is 2.01. The van der Waals surface area contributed by atoms with Crippen LogP contribution in [0.1, 0.15) is 11.1 Å². The molecule has 2 N–H and O–H groups in total. The SMILES string of the molecule is COc1cccc(CCNc2ccnc(NCCc3ccc(F)cc3)n2)c1. The van der Waals surface area contributed by atoms with Crippen molar-refractivity contribution in [1.29, 1.82) is 0 Å². The number of ether oxygens (including phenoxy) is 1. The number of halogens is 1. The van der Waals surface area contributed by atoms with Gasteiger partial charge < -0.3 is 15.4 Å². The van der Waals surface area contributed by atoms with Crippen LogP contribution >= 0.6 is 0 Å². The molecule has 3 rings (SSSR count). The van der Waals surface area contributed by atoms with E-state index in [1.165, 1.54) is 17.7 Å². The molecule has 0 saturated heterocycles. The van der Waals surface area contributed by atoms with Gasteiger partial charge in [-0.05, 0) is 54.3 Å². The van der Waals surface area contributed by atoms with Gasteiger partial charge in [-0.25, -0.2) is 9.37 Å². The van der Waals surface area contributed by atoms with E-state index < -0.39 is 0 Å². The Morgan fingerprint density at radius 1 is 0.926 bits per heavy atom. The molecule has 0 spiro atoms. The molecule has 0 bridgehead atoms. The molecule has 1 heterocycles. The molecule has 0 atom stereocenters. The Kier molecular flexibility index (Phi) is 6.57. The topological polar surface area (TPSA) is 59.1 Å². The highest BCUT2D eigenvalue weighted by molar-refractivity contribution is 5.40. The summed E-state index contributed by atoms with van der Waals surface area (Å²) in [5, 5.41) is 6.51. The molecule has 0 unspecified atom stereocenters. The van der Waals surface area contributed by atoms with Gasteiger partial charge in [0, 0.05) is 19.3 Å². The van der Waals surface area contributed by atoms with Crippen molar-refractivity contribution in [2.45, 2.75) is 12.8 Å². The summed E-state index contributed by atoms with van der Waals surface area (Å²) in [7, 11) is 1.67. The number of rotatable bonds is 9. The molecule has 0 aliphatic rings. The molecule has 0 fully saturated rings. The van der Waals surface area contributed by atoms with Crippen LogP contribution in [0.2, 0.25) is 0 Å². The van der Waals surface area contributed by atoms with E-state index in [1.54, 1.807) is 25.4 Å². The second-order valence-corrected chi connectivity index (χ2v) is 6.10. The normalized spacial score (nSPS) is 10.4. The van der Waals surface area contributed by atoms with Crippen LogP contribution in [0.15, 0.2) is 60.8 Å². The number of benzene rings is 2. The van der Waals surface area contributed by atoms with Crippen LogP contribution in [0.4, 0.5) is 16.2 Å². The summed E-state index contributed by atoms with van der Waals surface area (Å²) < 4.78 is 18.2. The minimum absolute atomic E-state index is 0.220. The maximum atomic E-state index is 12.9. The lowest BCUT2D eigenvalue weighted by Gasteiger charge is -2.09. The van der Waals surface area contributed by atoms with Crippen molar-refractivity contribution in [3.8, 4) is 5.75 Å². The second kappa shape index (κ2) is 9.52. The summed E-state index contributed by atoms with van der Waals surface area (Å²) in [6, 6.07) is 16.4. The predicted molar refractivity (Wildman–Crippen MR) is 106 cm³/mol. The average molecular weight is 366 g/mol. The van der Waals surface area contributed by atoms with Gasteiger partial charge in [0.15, 0.2) is 0 Å². The van der Waals surface area contributed by atoms with Crippen LogP contribution in [0.5, 0.6) is 5.75 Å². The molecule has 0 aliphatic carbocycles. The molecule has 0 saturated carbocycles. The molecule has 27 heavy (non-hydrogen) atoms. The Morgan fingerprint density at radius 3 is 2.52 bits per heavy atom. The zero-order valence-corrected chi connectivity index (χ0v) is 15.3. The molecule has 0 amide bonds. The van der Waals surface area contributed by atoms with Crippen LogP contribution in [0.25, 0.3) is 0 Å². The zero-order valence-electron chi connectivity index (χ0n) is 15.3. The molecular formula is C21H23FN4O. The Bertz CT molecular complexity index is 855. The van der Waals surface area contributed by atoms with Gasteiger partial charge in [0.2, 0.25) is 5.95 Å². The van der Waals surface area contributed by atoms with Gasteiger partial charge in [0.05, 0.1) is 7.11 Å². The highest BCUT2D eigenvalue weighted by atomic mass is 19.1. The third-order valence-corrected chi connectivity index (χ3v) is 4.12. The van der Waals surface area contributed by atoms with Crippen molar-refractivity contribution in [1.82, 2.24) is 9.97 Å². The summed E-state index contributed by atoms with van der Waals surface area (Å²) in [5.41, 5.74) is 2.27. The second-order valence-electron chi connectivity index (χ2n) is 6.10. The first-order valence-electron chi connectivity index (χ1n) is 8.91. The number of nitrogens with one attached hydrogen (secondary N) is 2. The van der Waals surface area contributed by atoms with E-state index in [2.05, 4.69) is 26.7 Å². The standard InChI is InChI=1S/C21H23FN4O/c1-27-19-4-2-3-17(15-19)10-12-23-20-11-14-25-21(26-20)24-13-9-16-5-7-18(22)8-6-16/h2-8,11,14-15H,9-10,12-13H2,1H3,(H2,23,24,25,26). The lowest BCUT2D eigenvalue weighted by atomic mass is 10.1. The van der Waals surface area contributed by atoms with Gasteiger partial charge in [-0.15, -0.1) is 0 Å². The largest absolute Gasteiger partial charge is 0.497 e. The van der Waals surface area contributed by atoms with Crippen molar-refractivity contribution in [2.75, 3.05) is 30.8 Å². The fourth-order valence-corrected chi connectivity index (χ4v) is 2.67. The fourth-order valence-electron chi connectivity index (χ4n) is 2.67. The molecule has 1 aromatic heterocycles. The van der Waals surface area contributed by atoms with Crippen molar-refractivity contribution in [2.24, 2.45) is 0 Å². The van der Waals surface area contributed by atoms with Crippen molar-refractivity contribution in [3.05, 3.63) is 77.7 Å². The minimum Gasteiger partial charge on any atom is -0.497 e. The fraction of sp³-hybridized carbons (Fsp3) is 0.238. The average Bonchev–Trinajstić information content (AvgIpc) is 2.70. The maximum absolute atomic E-state index is 12.9. The number of anilines is 2. The molecule has 2 aromatic carbocycles. The Morgan fingerprint density at radius 2 is 1.70 bits per heavy atom. The van der Waals surface area contributed by atoms with E-state index in [-0.39, 0.29) is 5.82 Å². The molecule has 6 heteroatoms. The van der Waals surface area contributed by atoms with E-state index in [9.17, 15) is 4.39 Å². The Labute approximate surface area is 158 Å². The van der Waals surface area contributed by atoms with Crippen LogP contribution in [0.3, 0.4) is 0 Å². The molecule has 5 nitrogen and oxygen atoms in total. The number of hydrogen-bond donors (Lipinski definition) is 2. The monoisotopic (exact) mass is 366 g/mol. The quantitative estimate of drug-likeness (QED) is 0.601. The van der Waals surface area contributed by atoms with Gasteiger partial charge >= 0.3 is 0 Å². The smallest absolute Gasteiger partial charge is 0.224 e. The zero-order chi connectivity index (χ0) is 18.9. The van der Waals surface area contributed by atoms with E-state index >= 15 is 0 Å². The highest BCUT2D eigenvalue weighted by Crippen LogP contribution is 2.13. The third kappa shape index (κ3) is 5.95. The first kappa shape index (κ1) is 18.6. The summed E-state index contributed by atoms with van der Waals surface area (Å²) in [5.74, 6) is 1.99. The van der Waals surface area contributed by atoms with Gasteiger partial charge in [-0.2, -0.15) is 4.98 Å². The van der Waals surface area contributed by atoms with Crippen molar-refractivity contribution in [3.63, 3.8) is 0 Å². The Hall–Kier alpha value is -3.15. The Balaban J connectivity index is 1.46. The van der Waals surface area contributed by atoms with Crippen molar-refractivity contribution >= 4 is 11.8 Å². The molecular weight excluding hydrogens is 343 g/mol. The first-order chi connectivity index (χ1) is 13.2. The summed E-state index contributed by atoms with van der Waals surface area (Å²) >= 11 is 0. The number of hydrogen-bond acceptors (Lipinski definition) is 5. The number of aromatic nitrogens is 2. The van der Waals surface area contributed by atoms with Gasteiger partial charge in [0.1, 0.15) is 17.4 Å². The van der Waals surface area contributed by atoms with Crippen LogP contribution in [-0.4, -0.2) is 30.2 Å². The van der Waals surface area contributed by atoms with E-state index in [4.69, 9.17) is 4.74 Å². The van der Waals surface area contributed by atoms with Gasteiger partial charge in [0.25, 0.3) is 0 Å². The first-order valence-corrected chi connectivity index (χ1v) is 8.91. The van der Waals surface area contributed by atoms with Crippen LogP contribution in [0, 0.1) is 5.82 Å². The minimum atomic E-state index is -0.220. The lowest BCUT2D eigenvalue weighted by molar-refractivity contribution is 0.414. The third-order valence-electron chi connectivity index (χ3n) is 4.12. The predicted octanol–water partition coefficient (Wildman–Crippen LogP) is 3.93. The lowest BCUT2D eigenvalue weighted by Crippen LogP contribution is -2.11. The summed E-state index contributed by atoms with van der Waals surface area (Å²) in [6.45, 7) is 1.44.